The second-order valence-corrected chi connectivity index (χ2v) is 10.6. The Labute approximate surface area is 204 Å². The summed E-state index contributed by atoms with van der Waals surface area (Å²) >= 11 is 5.46. The second kappa shape index (κ2) is 10.5. The van der Waals surface area contributed by atoms with Gasteiger partial charge in [-0.2, -0.15) is 13.2 Å². The summed E-state index contributed by atoms with van der Waals surface area (Å²) in [5.74, 6) is 0.124. The maximum atomic E-state index is 12.8. The number of halogens is 3. The van der Waals surface area contributed by atoms with E-state index in [1.54, 1.807) is 0 Å². The number of allylic oxidation sites excluding steroid dienone is 2. The van der Waals surface area contributed by atoms with E-state index < -0.39 is 19.7 Å². The van der Waals surface area contributed by atoms with Crippen molar-refractivity contribution in [1.82, 2.24) is 5.32 Å². The Hall–Kier alpha value is -2.95. The van der Waals surface area contributed by atoms with E-state index in [9.17, 15) is 13.2 Å². The van der Waals surface area contributed by atoms with Gasteiger partial charge in [0.2, 0.25) is 0 Å². The van der Waals surface area contributed by atoms with Crippen LogP contribution in [0.2, 0.25) is 0 Å². The molecule has 0 heterocycles. The summed E-state index contributed by atoms with van der Waals surface area (Å²) in [6, 6.07) is 25.8. The van der Waals surface area contributed by atoms with Gasteiger partial charge in [-0.25, -0.2) is 0 Å². The molecule has 0 spiro atoms. The molecular weight excluding hydrogens is 472 g/mol. The zero-order valence-electron chi connectivity index (χ0n) is 18.5. The number of thiocarbonyl (C=S) groups is 1. The molecule has 0 fully saturated rings. The lowest BCUT2D eigenvalue weighted by Gasteiger charge is -2.30. The average Bonchev–Trinajstić information content (AvgIpc) is 3.30. The molecule has 1 aliphatic carbocycles. The number of benzene rings is 3. The Balaban J connectivity index is 1.48. The molecule has 2 atom stereocenters. The first-order valence-corrected chi connectivity index (χ1v) is 12.6. The molecule has 0 aromatic heterocycles. The first-order valence-electron chi connectivity index (χ1n) is 10.9. The molecule has 0 radical (unpaired) electrons. The molecular formula is C27H24F3N2PS. The number of anilines is 1. The smallest absolute Gasteiger partial charge is 0.359 e. The fourth-order valence-corrected chi connectivity index (χ4v) is 6.92. The molecule has 7 heteroatoms. The van der Waals surface area contributed by atoms with Crippen molar-refractivity contribution in [2.75, 3.05) is 5.32 Å². The van der Waals surface area contributed by atoms with Gasteiger partial charge in [0.05, 0.1) is 5.56 Å². The number of hydrogen-bond donors (Lipinski definition) is 2. The van der Waals surface area contributed by atoms with Crippen LogP contribution in [0.5, 0.6) is 0 Å². The molecule has 0 amide bonds. The first kappa shape index (κ1) is 24.2. The van der Waals surface area contributed by atoms with Crippen LogP contribution < -0.4 is 21.2 Å². The summed E-state index contributed by atoms with van der Waals surface area (Å²) < 4.78 is 38.4. The Morgan fingerprint density at radius 1 is 0.882 bits per heavy atom. The summed E-state index contributed by atoms with van der Waals surface area (Å²) in [5.41, 5.74) is -0.183. The van der Waals surface area contributed by atoms with Crippen LogP contribution in [0.3, 0.4) is 0 Å². The fraction of sp³-hybridized carbons (Fsp3) is 0.148. The average molecular weight is 497 g/mol. The Kier molecular flexibility index (Phi) is 7.50. The minimum atomic E-state index is -4.36. The van der Waals surface area contributed by atoms with Crippen molar-refractivity contribution >= 4 is 41.5 Å². The molecule has 1 aliphatic rings. The molecule has 174 valence electrons. The maximum absolute atomic E-state index is 12.8. The third kappa shape index (κ3) is 5.75. The monoisotopic (exact) mass is 496 g/mol. The molecule has 2 N–H and O–H groups in total. The Bertz CT molecular complexity index is 1140. The van der Waals surface area contributed by atoms with Crippen molar-refractivity contribution < 1.29 is 13.2 Å². The topological polar surface area (TPSA) is 24.1 Å². The number of hydrogen-bond acceptors (Lipinski definition) is 1. The van der Waals surface area contributed by atoms with Gasteiger partial charge in [-0.1, -0.05) is 78.9 Å². The number of alkyl halides is 3. The molecule has 34 heavy (non-hydrogen) atoms. The normalized spacial score (nSPS) is 16.3. The molecule has 4 rings (SSSR count). The highest BCUT2D eigenvalue weighted by Gasteiger charge is 2.31. The standard InChI is InChI=1S/C27H24F3N2PS/c1-19(31-26(34)32-21-17-15-20(16-18-21)27(28,29)30)24-13-8-14-25(24)33(22-9-4-2-5-10-22)23-11-6-3-7-12-23/h2-19,24H,1H3,(H2,31,32,34)/t19-,24+/m1/s1. The van der Waals surface area contributed by atoms with E-state index in [1.165, 1.54) is 28.1 Å². The van der Waals surface area contributed by atoms with E-state index in [1.807, 2.05) is 12.1 Å². The van der Waals surface area contributed by atoms with Crippen LogP contribution in [-0.2, 0) is 6.18 Å². The van der Waals surface area contributed by atoms with E-state index in [2.05, 4.69) is 84.3 Å². The number of nitrogens with one attached hydrogen (secondary N) is 2. The highest BCUT2D eigenvalue weighted by Crippen LogP contribution is 2.49. The summed E-state index contributed by atoms with van der Waals surface area (Å²) in [6.07, 6.45) is 2.10. The van der Waals surface area contributed by atoms with Crippen molar-refractivity contribution in [3.05, 3.63) is 114 Å². The maximum Gasteiger partial charge on any atom is 0.416 e. The zero-order chi connectivity index (χ0) is 24.1. The lowest BCUT2D eigenvalue weighted by atomic mass is 10.0. The zero-order valence-corrected chi connectivity index (χ0v) is 20.2. The summed E-state index contributed by atoms with van der Waals surface area (Å²) in [6.45, 7) is 2.07. The Morgan fingerprint density at radius 2 is 1.44 bits per heavy atom. The van der Waals surface area contributed by atoms with E-state index in [0.717, 1.165) is 12.1 Å². The van der Waals surface area contributed by atoms with Crippen LogP contribution in [0.25, 0.3) is 0 Å². The van der Waals surface area contributed by atoms with Gasteiger partial charge in [0, 0.05) is 17.6 Å². The molecule has 0 aliphatic heterocycles. The lowest BCUT2D eigenvalue weighted by Crippen LogP contribution is -2.40. The lowest BCUT2D eigenvalue weighted by molar-refractivity contribution is -0.137. The van der Waals surface area contributed by atoms with Crippen molar-refractivity contribution in [1.29, 1.82) is 0 Å². The molecule has 3 aromatic carbocycles. The highest BCUT2D eigenvalue weighted by molar-refractivity contribution is 7.80. The second-order valence-electron chi connectivity index (χ2n) is 7.97. The number of rotatable bonds is 6. The summed E-state index contributed by atoms with van der Waals surface area (Å²) in [5, 5.41) is 10.6. The van der Waals surface area contributed by atoms with Crippen LogP contribution >= 0.6 is 20.1 Å². The van der Waals surface area contributed by atoms with Crippen molar-refractivity contribution in [3.63, 3.8) is 0 Å². The van der Waals surface area contributed by atoms with Gasteiger partial charge in [-0.05, 0) is 67.3 Å². The fourth-order valence-electron chi connectivity index (χ4n) is 3.94. The predicted molar refractivity (Wildman–Crippen MR) is 140 cm³/mol. The van der Waals surface area contributed by atoms with Crippen molar-refractivity contribution in [3.8, 4) is 0 Å². The minimum absolute atomic E-state index is 0.0168. The third-order valence-electron chi connectivity index (χ3n) is 5.58. The molecule has 0 saturated carbocycles. The van der Waals surface area contributed by atoms with Gasteiger partial charge in [-0.15, -0.1) is 0 Å². The van der Waals surface area contributed by atoms with Crippen molar-refractivity contribution in [2.45, 2.75) is 19.1 Å². The van der Waals surface area contributed by atoms with Crippen LogP contribution in [0.4, 0.5) is 18.9 Å². The van der Waals surface area contributed by atoms with Crippen molar-refractivity contribution in [2.24, 2.45) is 5.92 Å². The van der Waals surface area contributed by atoms with Crippen LogP contribution in [-0.4, -0.2) is 11.2 Å². The van der Waals surface area contributed by atoms with E-state index >= 15 is 0 Å². The molecule has 0 saturated heterocycles. The third-order valence-corrected chi connectivity index (χ3v) is 8.39. The highest BCUT2D eigenvalue weighted by atomic mass is 32.1. The van der Waals surface area contributed by atoms with E-state index in [0.29, 0.717) is 10.8 Å². The van der Waals surface area contributed by atoms with Crippen LogP contribution in [0, 0.1) is 5.92 Å². The van der Waals surface area contributed by atoms with E-state index in [-0.39, 0.29) is 12.0 Å². The van der Waals surface area contributed by atoms with Crippen LogP contribution in [0.1, 0.15) is 12.5 Å². The molecule has 0 unspecified atom stereocenters. The van der Waals surface area contributed by atoms with E-state index in [4.69, 9.17) is 12.2 Å². The van der Waals surface area contributed by atoms with Gasteiger partial charge in [0.15, 0.2) is 5.11 Å². The largest absolute Gasteiger partial charge is 0.416 e. The summed E-state index contributed by atoms with van der Waals surface area (Å²) in [7, 11) is -0.723. The first-order chi connectivity index (χ1) is 16.3. The van der Waals surface area contributed by atoms with Crippen LogP contribution in [0.15, 0.2) is 108 Å². The van der Waals surface area contributed by atoms with Gasteiger partial charge in [0.25, 0.3) is 0 Å². The predicted octanol–water partition coefficient (Wildman–Crippen LogP) is 6.58. The quantitative estimate of drug-likeness (QED) is 0.298. The van der Waals surface area contributed by atoms with Gasteiger partial charge in [0.1, 0.15) is 0 Å². The molecule has 3 aromatic rings. The Morgan fingerprint density at radius 3 is 1.97 bits per heavy atom. The minimum Gasteiger partial charge on any atom is -0.359 e. The van der Waals surface area contributed by atoms with Gasteiger partial charge < -0.3 is 10.6 Å². The van der Waals surface area contributed by atoms with Gasteiger partial charge >= 0.3 is 6.18 Å². The molecule has 0 bridgehead atoms. The SMILES string of the molecule is C[C@@H](NC(=S)Nc1ccc(C(F)(F)F)cc1)[C@@H]1C=CC=C1P(c1ccccc1)c1ccccc1. The van der Waals surface area contributed by atoms with Gasteiger partial charge in [-0.3, -0.25) is 0 Å². The summed E-state index contributed by atoms with van der Waals surface area (Å²) in [4.78, 5) is 0. The molecule has 2 nitrogen and oxygen atoms in total.